The summed E-state index contributed by atoms with van der Waals surface area (Å²) in [6.45, 7) is 0.224. The minimum Gasteiger partial charge on any atom is -0.508 e. The van der Waals surface area contributed by atoms with E-state index in [9.17, 15) is 5.11 Å². The summed E-state index contributed by atoms with van der Waals surface area (Å²) >= 11 is 0. The number of phenolic OH excluding ortho intramolecular Hbond substituents is 1. The summed E-state index contributed by atoms with van der Waals surface area (Å²) in [6.07, 6.45) is 1.81. The van der Waals surface area contributed by atoms with E-state index >= 15 is 0 Å². The highest BCUT2D eigenvalue weighted by Crippen LogP contribution is 2.38. The zero-order valence-electron chi connectivity index (χ0n) is 17.8. The molecule has 5 rings (SSSR count). The van der Waals surface area contributed by atoms with Gasteiger partial charge in [-0.3, -0.25) is 5.32 Å². The molecule has 0 saturated heterocycles. The van der Waals surface area contributed by atoms with Gasteiger partial charge in [0, 0.05) is 16.8 Å². The van der Waals surface area contributed by atoms with Gasteiger partial charge in [0.15, 0.2) is 23.0 Å². The van der Waals surface area contributed by atoms with E-state index in [0.29, 0.717) is 17.2 Å². The largest absolute Gasteiger partial charge is 0.508 e. The number of benzene rings is 3. The van der Waals surface area contributed by atoms with Crippen molar-refractivity contribution in [1.29, 1.82) is 0 Å². The number of nitrogens with one attached hydrogen (secondary N) is 2. The second kappa shape index (κ2) is 8.36. The van der Waals surface area contributed by atoms with Crippen molar-refractivity contribution < 1.29 is 24.1 Å². The normalized spacial score (nSPS) is 19.1. The summed E-state index contributed by atoms with van der Waals surface area (Å²) in [7, 11) is 3.23. The molecule has 0 saturated carbocycles. The first-order valence-corrected chi connectivity index (χ1v) is 10.3. The molecule has 2 aliphatic heterocycles. The van der Waals surface area contributed by atoms with Gasteiger partial charge in [-0.2, -0.15) is 0 Å². The summed E-state index contributed by atoms with van der Waals surface area (Å²) in [5.41, 5.74) is 3.63. The van der Waals surface area contributed by atoms with Gasteiger partial charge in [-0.1, -0.05) is 24.3 Å². The van der Waals surface area contributed by atoms with Crippen molar-refractivity contribution in [3.8, 4) is 28.7 Å². The van der Waals surface area contributed by atoms with Crippen molar-refractivity contribution in [2.45, 2.75) is 12.2 Å². The molecule has 0 aromatic heterocycles. The molecular weight excluding hydrogens is 408 g/mol. The van der Waals surface area contributed by atoms with E-state index in [1.807, 2.05) is 54.6 Å². The van der Waals surface area contributed by atoms with Crippen LogP contribution in [0.25, 0.3) is 5.70 Å². The molecule has 3 N–H and O–H groups in total. The maximum absolute atomic E-state index is 10.5. The van der Waals surface area contributed by atoms with Gasteiger partial charge in [0.2, 0.25) is 6.79 Å². The summed E-state index contributed by atoms with van der Waals surface area (Å²) < 4.78 is 21.9. The van der Waals surface area contributed by atoms with Crippen LogP contribution >= 0.6 is 0 Å². The molecule has 0 radical (unpaired) electrons. The molecule has 0 amide bonds. The van der Waals surface area contributed by atoms with E-state index in [1.54, 1.807) is 20.3 Å². The molecule has 0 aliphatic carbocycles. The van der Waals surface area contributed by atoms with Gasteiger partial charge >= 0.3 is 0 Å². The summed E-state index contributed by atoms with van der Waals surface area (Å²) in [4.78, 5) is 0. The Kier molecular flexibility index (Phi) is 5.25. The van der Waals surface area contributed by atoms with Crippen LogP contribution in [0.1, 0.15) is 28.9 Å². The van der Waals surface area contributed by atoms with Crippen molar-refractivity contribution in [2.75, 3.05) is 21.0 Å². The topological polar surface area (TPSA) is 81.2 Å². The number of para-hydroxylation sites is 1. The molecule has 3 aromatic carbocycles. The Morgan fingerprint density at radius 3 is 2.53 bits per heavy atom. The zero-order valence-corrected chi connectivity index (χ0v) is 17.8. The minimum absolute atomic E-state index is 0.224. The Hall–Kier alpha value is -3.84. The predicted octanol–water partition coefficient (Wildman–Crippen LogP) is 4.11. The fourth-order valence-electron chi connectivity index (χ4n) is 4.03. The maximum atomic E-state index is 10.5. The second-order valence-corrected chi connectivity index (χ2v) is 7.54. The molecule has 0 bridgehead atoms. The van der Waals surface area contributed by atoms with Gasteiger partial charge < -0.3 is 29.4 Å². The van der Waals surface area contributed by atoms with Gasteiger partial charge in [0.05, 0.1) is 20.3 Å². The highest BCUT2D eigenvalue weighted by Gasteiger charge is 2.27. The van der Waals surface area contributed by atoms with Crippen LogP contribution in [0.5, 0.6) is 28.7 Å². The minimum atomic E-state index is -0.246. The lowest BCUT2D eigenvalue weighted by Crippen LogP contribution is -2.39. The lowest BCUT2D eigenvalue weighted by atomic mass is 9.97. The molecular formula is C25H24N2O5. The number of ether oxygens (including phenoxy) is 4. The molecule has 2 unspecified atom stereocenters. The first kappa shape index (κ1) is 20.1. The number of phenols is 1. The average molecular weight is 432 g/mol. The van der Waals surface area contributed by atoms with Crippen molar-refractivity contribution in [2.24, 2.45) is 0 Å². The quantitative estimate of drug-likeness (QED) is 0.560. The summed E-state index contributed by atoms with van der Waals surface area (Å²) in [5.74, 6) is 2.99. The average Bonchev–Trinajstić information content (AvgIpc) is 3.31. The Labute approximate surface area is 186 Å². The maximum Gasteiger partial charge on any atom is 0.231 e. The van der Waals surface area contributed by atoms with E-state index in [0.717, 1.165) is 28.1 Å². The Morgan fingerprint density at radius 1 is 0.906 bits per heavy atom. The lowest BCUT2D eigenvalue weighted by Gasteiger charge is -2.33. The van der Waals surface area contributed by atoms with Crippen LogP contribution in [-0.2, 0) is 0 Å². The fraction of sp³-hybridized carbons (Fsp3) is 0.200. The first-order chi connectivity index (χ1) is 15.7. The Morgan fingerprint density at radius 2 is 1.72 bits per heavy atom. The number of aromatic hydroxyl groups is 1. The SMILES string of the molecule is COc1ccc(C2NC(c3ccc4c(c3)OCO4)=CC(c3ccccc3O)N2)cc1OC. The second-order valence-electron chi connectivity index (χ2n) is 7.54. The third kappa shape index (κ3) is 3.67. The Balaban J connectivity index is 1.55. The van der Waals surface area contributed by atoms with E-state index < -0.39 is 0 Å². The van der Waals surface area contributed by atoms with Crippen molar-refractivity contribution in [3.63, 3.8) is 0 Å². The highest BCUT2D eigenvalue weighted by molar-refractivity contribution is 5.69. The van der Waals surface area contributed by atoms with Crippen LogP contribution in [0.4, 0.5) is 0 Å². The van der Waals surface area contributed by atoms with Crippen molar-refractivity contribution in [3.05, 3.63) is 83.4 Å². The summed E-state index contributed by atoms with van der Waals surface area (Å²) in [6, 6.07) is 18.8. The van der Waals surface area contributed by atoms with Gasteiger partial charge in [0.25, 0.3) is 0 Å². The molecule has 2 heterocycles. The number of hydrogen-bond donors (Lipinski definition) is 3. The molecule has 2 aliphatic rings. The monoisotopic (exact) mass is 432 g/mol. The predicted molar refractivity (Wildman–Crippen MR) is 120 cm³/mol. The van der Waals surface area contributed by atoms with Crippen LogP contribution in [0.3, 0.4) is 0 Å². The fourth-order valence-corrected chi connectivity index (χ4v) is 4.03. The van der Waals surface area contributed by atoms with Crippen LogP contribution in [0.2, 0.25) is 0 Å². The molecule has 3 aromatic rings. The summed E-state index contributed by atoms with van der Waals surface area (Å²) in [5, 5.41) is 17.6. The van der Waals surface area contributed by atoms with Gasteiger partial charge in [0.1, 0.15) is 11.9 Å². The molecule has 7 nitrogen and oxygen atoms in total. The molecule has 0 spiro atoms. The molecule has 2 atom stereocenters. The third-order valence-corrected chi connectivity index (χ3v) is 5.68. The third-order valence-electron chi connectivity index (χ3n) is 5.68. The Bertz CT molecular complexity index is 1180. The molecule has 7 heteroatoms. The number of rotatable bonds is 5. The van der Waals surface area contributed by atoms with Crippen LogP contribution < -0.4 is 29.6 Å². The smallest absolute Gasteiger partial charge is 0.231 e. The van der Waals surface area contributed by atoms with Crippen molar-refractivity contribution in [1.82, 2.24) is 10.6 Å². The lowest BCUT2D eigenvalue weighted by molar-refractivity contribution is 0.174. The van der Waals surface area contributed by atoms with Gasteiger partial charge in [-0.15, -0.1) is 0 Å². The van der Waals surface area contributed by atoms with Crippen molar-refractivity contribution >= 4 is 5.70 Å². The van der Waals surface area contributed by atoms with Crippen LogP contribution in [0, 0.1) is 0 Å². The van der Waals surface area contributed by atoms with Gasteiger partial charge in [-0.25, -0.2) is 0 Å². The van der Waals surface area contributed by atoms with E-state index in [4.69, 9.17) is 18.9 Å². The molecule has 0 fully saturated rings. The number of methoxy groups -OCH3 is 2. The van der Waals surface area contributed by atoms with E-state index in [2.05, 4.69) is 16.7 Å². The highest BCUT2D eigenvalue weighted by atomic mass is 16.7. The van der Waals surface area contributed by atoms with Gasteiger partial charge in [-0.05, 0) is 48.0 Å². The van der Waals surface area contributed by atoms with Crippen LogP contribution in [-0.4, -0.2) is 26.1 Å². The zero-order chi connectivity index (χ0) is 22.1. The molecule has 32 heavy (non-hydrogen) atoms. The number of hydrogen-bond acceptors (Lipinski definition) is 7. The van der Waals surface area contributed by atoms with Crippen LogP contribution in [0.15, 0.2) is 66.7 Å². The van der Waals surface area contributed by atoms with E-state index in [1.165, 1.54) is 0 Å². The molecule has 164 valence electrons. The van der Waals surface area contributed by atoms with E-state index in [-0.39, 0.29) is 24.8 Å². The standard InChI is InChI=1S/C25H24N2O5/c1-29-21-9-8-16(12-23(21)30-2)25-26-18(15-7-10-22-24(11-15)32-14-31-22)13-19(27-25)17-5-3-4-6-20(17)28/h3-13,19,25-28H,14H2,1-2H3. The first-order valence-electron chi connectivity index (χ1n) is 10.3. The number of fused-ring (bicyclic) bond motifs is 1.